The first-order chi connectivity index (χ1) is 9.78. The molecule has 0 fully saturated rings. The Bertz CT molecular complexity index is 685. The van der Waals surface area contributed by atoms with Crippen LogP contribution in [0.1, 0.15) is 36.8 Å². The lowest BCUT2D eigenvalue weighted by Crippen LogP contribution is -2.42. The molecular formula is C14H18N4O3. The highest BCUT2D eigenvalue weighted by molar-refractivity contribution is 5.98. The minimum Gasteiger partial charge on any atom is -0.452 e. The second-order valence-corrected chi connectivity index (χ2v) is 5.72. The quantitative estimate of drug-likeness (QED) is 0.856. The molecule has 7 nitrogen and oxygen atoms in total. The fraction of sp³-hybridized carbons (Fsp3) is 0.429. The van der Waals surface area contributed by atoms with Gasteiger partial charge in [-0.15, -0.1) is 0 Å². The van der Waals surface area contributed by atoms with E-state index in [1.54, 1.807) is 25.4 Å². The number of carbonyl (C=O) groups excluding carboxylic acids is 2. The lowest BCUT2D eigenvalue weighted by molar-refractivity contribution is -0.125. The average molecular weight is 290 g/mol. The van der Waals surface area contributed by atoms with E-state index in [-0.39, 0.29) is 23.6 Å². The van der Waals surface area contributed by atoms with E-state index in [1.165, 1.54) is 4.52 Å². The van der Waals surface area contributed by atoms with Gasteiger partial charge in [-0.05, 0) is 33.8 Å². The summed E-state index contributed by atoms with van der Waals surface area (Å²) in [7, 11) is 0. The summed E-state index contributed by atoms with van der Waals surface area (Å²) in [6.07, 6.45) is 3.26. The number of nitrogens with zero attached hydrogens (tertiary/aromatic N) is 3. The van der Waals surface area contributed by atoms with Crippen LogP contribution in [-0.4, -0.2) is 38.6 Å². The average Bonchev–Trinajstić information content (AvgIpc) is 2.70. The molecule has 0 unspecified atom stereocenters. The number of amides is 1. The van der Waals surface area contributed by atoms with E-state index < -0.39 is 5.97 Å². The minimum absolute atomic E-state index is 0.277. The highest BCUT2D eigenvalue weighted by Crippen LogP contribution is 2.13. The van der Waals surface area contributed by atoms with Crippen LogP contribution >= 0.6 is 0 Å². The van der Waals surface area contributed by atoms with Crippen molar-refractivity contribution in [2.75, 3.05) is 6.61 Å². The summed E-state index contributed by atoms with van der Waals surface area (Å²) in [4.78, 5) is 27.9. The Kier molecular flexibility index (Phi) is 3.93. The van der Waals surface area contributed by atoms with Crippen LogP contribution in [0.15, 0.2) is 18.5 Å². The van der Waals surface area contributed by atoms with Gasteiger partial charge in [-0.3, -0.25) is 4.79 Å². The molecule has 2 aromatic rings. The predicted molar refractivity (Wildman–Crippen MR) is 75.9 cm³/mol. The number of carbonyl (C=O) groups is 2. The number of aromatic nitrogens is 3. The first-order valence-electron chi connectivity index (χ1n) is 6.56. The van der Waals surface area contributed by atoms with Crippen molar-refractivity contribution in [3.8, 4) is 0 Å². The zero-order chi connectivity index (χ0) is 15.6. The largest absolute Gasteiger partial charge is 0.452 e. The summed E-state index contributed by atoms with van der Waals surface area (Å²) in [5.74, 6) is -0.955. The van der Waals surface area contributed by atoms with Crippen molar-refractivity contribution in [2.45, 2.75) is 33.2 Å². The topological polar surface area (TPSA) is 85.6 Å². The molecule has 2 aromatic heterocycles. The van der Waals surface area contributed by atoms with Gasteiger partial charge in [-0.2, -0.15) is 5.10 Å². The van der Waals surface area contributed by atoms with Gasteiger partial charge in [0, 0.05) is 17.9 Å². The van der Waals surface area contributed by atoms with E-state index in [4.69, 9.17) is 4.74 Å². The van der Waals surface area contributed by atoms with Gasteiger partial charge in [0.15, 0.2) is 12.3 Å². The molecule has 0 aliphatic carbocycles. The number of ether oxygens (including phenoxy) is 1. The normalized spacial score (nSPS) is 11.4. The molecular weight excluding hydrogens is 272 g/mol. The third-order valence-electron chi connectivity index (χ3n) is 2.62. The van der Waals surface area contributed by atoms with Crippen molar-refractivity contribution in [1.29, 1.82) is 0 Å². The molecule has 2 rings (SSSR count). The lowest BCUT2D eigenvalue weighted by Gasteiger charge is -2.20. The molecule has 0 bridgehead atoms. The molecule has 0 atom stereocenters. The number of hydrogen-bond acceptors (Lipinski definition) is 5. The van der Waals surface area contributed by atoms with Crippen LogP contribution < -0.4 is 5.32 Å². The molecule has 2 heterocycles. The van der Waals surface area contributed by atoms with Gasteiger partial charge in [0.1, 0.15) is 5.56 Å². The van der Waals surface area contributed by atoms with E-state index in [9.17, 15) is 9.59 Å². The molecule has 7 heteroatoms. The van der Waals surface area contributed by atoms with Gasteiger partial charge < -0.3 is 10.1 Å². The molecule has 112 valence electrons. The van der Waals surface area contributed by atoms with E-state index in [0.29, 0.717) is 11.3 Å². The van der Waals surface area contributed by atoms with E-state index in [2.05, 4.69) is 15.4 Å². The first-order valence-corrected chi connectivity index (χ1v) is 6.56. The van der Waals surface area contributed by atoms with Crippen molar-refractivity contribution in [2.24, 2.45) is 0 Å². The summed E-state index contributed by atoms with van der Waals surface area (Å²) in [5, 5.41) is 6.89. The summed E-state index contributed by atoms with van der Waals surface area (Å²) in [6.45, 7) is 6.92. The van der Waals surface area contributed by atoms with Crippen molar-refractivity contribution >= 4 is 17.5 Å². The molecule has 1 N–H and O–H groups in total. The number of rotatable bonds is 3. The van der Waals surface area contributed by atoms with Gasteiger partial charge in [0.05, 0.1) is 5.69 Å². The van der Waals surface area contributed by atoms with E-state index >= 15 is 0 Å². The maximum absolute atomic E-state index is 12.1. The number of aryl methyl sites for hydroxylation is 1. The molecule has 1 amide bonds. The van der Waals surface area contributed by atoms with Crippen LogP contribution in [0.2, 0.25) is 0 Å². The predicted octanol–water partition coefficient (Wildman–Crippen LogP) is 1.11. The number of esters is 1. The summed E-state index contributed by atoms with van der Waals surface area (Å²) in [6, 6.07) is 1.71. The van der Waals surface area contributed by atoms with Crippen LogP contribution in [0.4, 0.5) is 0 Å². The third kappa shape index (κ3) is 3.56. The zero-order valence-electron chi connectivity index (χ0n) is 12.5. The highest BCUT2D eigenvalue weighted by Gasteiger charge is 2.21. The maximum Gasteiger partial charge on any atom is 0.344 e. The Morgan fingerprint density at radius 1 is 1.38 bits per heavy atom. The Hall–Kier alpha value is -2.44. The molecule has 0 radical (unpaired) electrons. The Balaban J connectivity index is 2.09. The number of hydrogen-bond donors (Lipinski definition) is 1. The molecule has 0 spiro atoms. The van der Waals surface area contributed by atoms with Gasteiger partial charge in [-0.1, -0.05) is 0 Å². The van der Waals surface area contributed by atoms with E-state index in [1.807, 2.05) is 20.8 Å². The third-order valence-corrected chi connectivity index (χ3v) is 2.62. The highest BCUT2D eigenvalue weighted by atomic mass is 16.5. The monoisotopic (exact) mass is 290 g/mol. The fourth-order valence-electron chi connectivity index (χ4n) is 1.89. The van der Waals surface area contributed by atoms with Gasteiger partial charge in [0.25, 0.3) is 5.91 Å². The molecule has 0 aromatic carbocycles. The smallest absolute Gasteiger partial charge is 0.344 e. The Morgan fingerprint density at radius 2 is 2.10 bits per heavy atom. The van der Waals surface area contributed by atoms with Crippen LogP contribution in [0.3, 0.4) is 0 Å². The van der Waals surface area contributed by atoms with E-state index in [0.717, 1.165) is 0 Å². The lowest BCUT2D eigenvalue weighted by atomic mass is 10.1. The number of fused-ring (bicyclic) bond motifs is 1. The maximum atomic E-state index is 12.1. The van der Waals surface area contributed by atoms with Crippen molar-refractivity contribution in [3.05, 3.63) is 29.7 Å². The van der Waals surface area contributed by atoms with Gasteiger partial charge >= 0.3 is 5.97 Å². The second-order valence-electron chi connectivity index (χ2n) is 5.72. The van der Waals surface area contributed by atoms with Crippen molar-refractivity contribution in [3.63, 3.8) is 0 Å². The van der Waals surface area contributed by atoms with Crippen LogP contribution in [0.5, 0.6) is 0 Å². The van der Waals surface area contributed by atoms with Gasteiger partial charge in [-0.25, -0.2) is 14.3 Å². The molecule has 0 saturated carbocycles. The molecule has 0 aliphatic heterocycles. The summed E-state index contributed by atoms with van der Waals surface area (Å²) < 4.78 is 6.54. The minimum atomic E-state index is -0.606. The standard InChI is InChI=1S/C14H18N4O3/c1-9-11(12-15-6-5-7-18(12)17-9)13(20)21-8-10(19)16-14(2,3)4/h5-7H,8H2,1-4H3,(H,16,19). The van der Waals surface area contributed by atoms with Gasteiger partial charge in [0.2, 0.25) is 0 Å². The van der Waals surface area contributed by atoms with Crippen LogP contribution in [0, 0.1) is 6.92 Å². The zero-order valence-corrected chi connectivity index (χ0v) is 12.5. The van der Waals surface area contributed by atoms with Crippen LogP contribution in [0.25, 0.3) is 5.65 Å². The summed E-state index contributed by atoms with van der Waals surface area (Å²) in [5.41, 5.74) is 0.830. The molecule has 21 heavy (non-hydrogen) atoms. The second kappa shape index (κ2) is 5.51. The molecule has 0 aliphatic rings. The Labute approximate surface area is 122 Å². The van der Waals surface area contributed by atoms with Crippen molar-refractivity contribution < 1.29 is 14.3 Å². The SMILES string of the molecule is Cc1nn2cccnc2c1C(=O)OCC(=O)NC(C)(C)C. The van der Waals surface area contributed by atoms with Crippen molar-refractivity contribution in [1.82, 2.24) is 19.9 Å². The fourth-order valence-corrected chi connectivity index (χ4v) is 1.89. The Morgan fingerprint density at radius 3 is 2.76 bits per heavy atom. The molecule has 0 saturated heterocycles. The number of nitrogens with one attached hydrogen (secondary N) is 1. The van der Waals surface area contributed by atoms with Crippen LogP contribution in [-0.2, 0) is 9.53 Å². The first kappa shape index (κ1) is 15.0. The summed E-state index contributed by atoms with van der Waals surface area (Å²) >= 11 is 0.